The van der Waals surface area contributed by atoms with Crippen LogP contribution in [0.4, 0.5) is 0 Å². The van der Waals surface area contributed by atoms with Crippen LogP contribution in [0.25, 0.3) is 0 Å². The second-order valence-corrected chi connectivity index (χ2v) is 27.1. The molecule has 0 aromatic carbocycles. The Balaban J connectivity index is 0.687. The quantitative estimate of drug-likeness (QED) is 0.0842. The number of hydrogen-bond acceptors (Lipinski definition) is 26. The van der Waals surface area contributed by atoms with E-state index in [-0.39, 0.29) is 37.6 Å². The fourth-order valence-corrected chi connectivity index (χ4v) is 17.2. The number of aliphatic hydroxyl groups is 8. The molecule has 0 amide bonds. The van der Waals surface area contributed by atoms with E-state index in [0.717, 1.165) is 5.57 Å². The predicted octanol–water partition coefficient (Wildman–Crippen LogP) is 1.19. The molecule has 26 heteroatoms. The maximum Gasteiger partial charge on any atom is 0.187 e. The highest BCUT2D eigenvalue weighted by atomic mass is 16.8. The molecule has 6 aliphatic heterocycles. The van der Waals surface area contributed by atoms with E-state index in [1.165, 1.54) is 14.0 Å². The van der Waals surface area contributed by atoms with Crippen molar-refractivity contribution in [1.29, 1.82) is 0 Å². The lowest BCUT2D eigenvalue weighted by atomic mass is 9.42. The average Bonchev–Trinajstić information content (AvgIpc) is 1.32. The van der Waals surface area contributed by atoms with Crippen molar-refractivity contribution in [3.8, 4) is 0 Å². The summed E-state index contributed by atoms with van der Waals surface area (Å²) in [5, 5.41) is 89.2. The number of fused-ring (bicyclic) bond motifs is 5. The molecule has 0 aromatic rings. The van der Waals surface area contributed by atoms with E-state index in [9.17, 15) is 45.6 Å². The minimum absolute atomic E-state index is 0.0213. The van der Waals surface area contributed by atoms with Gasteiger partial charge in [0.2, 0.25) is 0 Å². The highest BCUT2D eigenvalue weighted by molar-refractivity contribution is 5.80. The van der Waals surface area contributed by atoms with Crippen LogP contribution in [0.1, 0.15) is 126 Å². The summed E-state index contributed by atoms with van der Waals surface area (Å²) in [6.45, 7) is 13.9. The first kappa shape index (κ1) is 69.2. The first-order valence-electron chi connectivity index (χ1n) is 31.9. The van der Waals surface area contributed by atoms with Gasteiger partial charge in [-0.3, -0.25) is 4.79 Å². The lowest BCUT2D eigenvalue weighted by molar-refractivity contribution is -0.360. The topological polar surface area (TPSA) is 336 Å². The van der Waals surface area contributed by atoms with Crippen molar-refractivity contribution in [2.45, 2.75) is 309 Å². The lowest BCUT2D eigenvalue weighted by Gasteiger charge is -2.66. The molecule has 34 atom stereocenters. The van der Waals surface area contributed by atoms with Crippen molar-refractivity contribution >= 4 is 5.78 Å². The van der Waals surface area contributed by atoms with Gasteiger partial charge >= 0.3 is 0 Å². The van der Waals surface area contributed by atoms with Crippen molar-refractivity contribution in [2.75, 3.05) is 42.2 Å². The van der Waals surface area contributed by atoms with Crippen LogP contribution in [0.3, 0.4) is 0 Å². The first-order chi connectivity index (χ1) is 41.7. The highest BCUT2D eigenvalue weighted by Crippen LogP contribution is 2.69. The van der Waals surface area contributed by atoms with Crippen molar-refractivity contribution in [1.82, 2.24) is 0 Å². The van der Waals surface area contributed by atoms with E-state index < -0.39 is 206 Å². The van der Waals surface area contributed by atoms with Crippen LogP contribution < -0.4 is 0 Å². The molecular weight excluding hydrogens is 1160 g/mol. The summed E-state index contributed by atoms with van der Waals surface area (Å²) in [4.78, 5) is 12.8. The zero-order valence-electron chi connectivity index (χ0n) is 53.3. The molecular formula is C62H102O26. The van der Waals surface area contributed by atoms with Crippen LogP contribution in [0.2, 0.25) is 0 Å². The van der Waals surface area contributed by atoms with E-state index in [0.29, 0.717) is 44.9 Å². The molecule has 9 fully saturated rings. The molecule has 4 aliphatic carbocycles. The molecule has 10 aliphatic rings. The van der Waals surface area contributed by atoms with E-state index in [4.69, 9.17) is 80.5 Å². The Labute approximate surface area is 516 Å². The van der Waals surface area contributed by atoms with Gasteiger partial charge in [-0.25, -0.2) is 0 Å². The molecule has 0 aromatic heterocycles. The maximum atomic E-state index is 12.8. The van der Waals surface area contributed by atoms with E-state index in [2.05, 4.69) is 6.92 Å². The normalized spacial score (nSPS) is 53.4. The number of methoxy groups -OCH3 is 5. The zero-order chi connectivity index (χ0) is 63.7. The first-order valence-corrected chi connectivity index (χ1v) is 31.9. The third-order valence-electron chi connectivity index (χ3n) is 22.3. The Morgan fingerprint density at radius 2 is 0.932 bits per heavy atom. The lowest BCUT2D eigenvalue weighted by Crippen LogP contribution is -2.78. The second kappa shape index (κ2) is 27.6. The van der Waals surface area contributed by atoms with Gasteiger partial charge in [0.15, 0.2) is 37.7 Å². The van der Waals surface area contributed by atoms with Gasteiger partial charge in [0, 0.05) is 84.9 Å². The van der Waals surface area contributed by atoms with Gasteiger partial charge in [0.1, 0.15) is 71.9 Å². The summed E-state index contributed by atoms with van der Waals surface area (Å²) in [6.07, 6.45) is -15.9. The Bertz CT molecular complexity index is 2360. The minimum Gasteiger partial charge on any atom is -0.394 e. The summed E-state index contributed by atoms with van der Waals surface area (Å²) < 4.78 is 107. The van der Waals surface area contributed by atoms with Gasteiger partial charge < -0.3 is 121 Å². The molecule has 506 valence electrons. The van der Waals surface area contributed by atoms with Crippen LogP contribution in [-0.4, -0.2) is 272 Å². The minimum atomic E-state index is -2.09. The van der Waals surface area contributed by atoms with Crippen LogP contribution in [0.5, 0.6) is 0 Å². The summed E-state index contributed by atoms with van der Waals surface area (Å²) in [6, 6.07) is 0. The molecule has 0 spiro atoms. The Morgan fingerprint density at radius 3 is 1.32 bits per heavy atom. The van der Waals surface area contributed by atoms with Crippen LogP contribution in [-0.2, 0) is 85.3 Å². The molecule has 8 N–H and O–H groups in total. The van der Waals surface area contributed by atoms with E-state index >= 15 is 0 Å². The maximum absolute atomic E-state index is 12.8. The van der Waals surface area contributed by atoms with Crippen molar-refractivity contribution < 1.29 is 126 Å². The van der Waals surface area contributed by atoms with Crippen LogP contribution >= 0.6 is 0 Å². The molecule has 0 bridgehead atoms. The molecule has 6 saturated heterocycles. The van der Waals surface area contributed by atoms with E-state index in [1.807, 2.05) is 33.8 Å². The summed E-state index contributed by atoms with van der Waals surface area (Å²) >= 11 is 0. The third kappa shape index (κ3) is 12.5. The van der Waals surface area contributed by atoms with Gasteiger partial charge in [-0.2, -0.15) is 0 Å². The number of Topliss-reactive ketones (excluding diaryl/α,β-unsaturated/α-hetero) is 1. The number of ketones is 1. The van der Waals surface area contributed by atoms with Crippen molar-refractivity contribution in [3.05, 3.63) is 11.6 Å². The fraction of sp³-hybridized carbons (Fsp3) is 0.952. The molecule has 10 rings (SSSR count). The summed E-state index contributed by atoms with van der Waals surface area (Å²) in [7, 11) is 7.99. The third-order valence-corrected chi connectivity index (χ3v) is 22.3. The Hall–Kier alpha value is -1.59. The molecule has 34 unspecified atom stereocenters. The molecule has 26 nitrogen and oxygen atoms in total. The average molecular weight is 1260 g/mol. The van der Waals surface area contributed by atoms with Gasteiger partial charge in [0.05, 0.1) is 86.0 Å². The molecule has 0 radical (unpaired) electrons. The standard InChI is InChI=1S/C62H102O26/c1-27(64)35-19-44(66)62(71)60(35,8)43(65)25-42-59(7)16-15-34(18-33(59)14-17-61(42,62)70)82-45-20-36(72-9)53(28(2)77-45)84-46-21-37(73-10)54(29(3)78-46)85-47-22-38(74-11)55(30(4)79-47)86-48-23-39(75-12)56(31(5)80-48)87-49-24-40(76-13)57(32(6)81-49)88-58-52(69)51(68)50(67)41(26-63)83-58/h14,28-32,34-58,63,65-71H,15-26H2,1-13H3. The largest absolute Gasteiger partial charge is 0.394 e. The fourth-order valence-electron chi connectivity index (χ4n) is 17.2. The monoisotopic (exact) mass is 1260 g/mol. The number of rotatable bonds is 19. The summed E-state index contributed by atoms with van der Waals surface area (Å²) in [5.74, 6) is -1.59. The number of carbonyl (C=O) groups excluding carboxylic acids is 1. The zero-order valence-corrected chi connectivity index (χ0v) is 53.3. The van der Waals surface area contributed by atoms with Gasteiger partial charge in [-0.15, -0.1) is 0 Å². The molecule has 3 saturated carbocycles. The van der Waals surface area contributed by atoms with Crippen molar-refractivity contribution in [3.63, 3.8) is 0 Å². The van der Waals surface area contributed by atoms with Gasteiger partial charge in [-0.05, 0) is 85.5 Å². The van der Waals surface area contributed by atoms with Crippen LogP contribution in [0.15, 0.2) is 11.6 Å². The van der Waals surface area contributed by atoms with Gasteiger partial charge in [0.25, 0.3) is 0 Å². The SMILES string of the molecule is COC1CC(OC2CCC3(C)C(=CCC4(O)C3CC(O)C3(C)C(C(C)=O)CC(O)C43O)C2)OC(C)C1OC1CC(OC)C(OC2CC(OC)C(OC3CC(OC)C(OC4CC(OC)C(OC5OC(CO)C(O)C(O)C5O)C(C)O4)C(C)O3)C(C)O2)C(C)O1. The predicted molar refractivity (Wildman–Crippen MR) is 303 cm³/mol. The smallest absolute Gasteiger partial charge is 0.187 e. The van der Waals surface area contributed by atoms with Gasteiger partial charge in [-0.1, -0.05) is 25.5 Å². The van der Waals surface area contributed by atoms with Crippen LogP contribution in [0, 0.1) is 22.7 Å². The number of hydrogen-bond donors (Lipinski definition) is 8. The Kier molecular flexibility index (Phi) is 21.7. The van der Waals surface area contributed by atoms with Crippen molar-refractivity contribution in [2.24, 2.45) is 22.7 Å². The Morgan fingerprint density at radius 1 is 0.534 bits per heavy atom. The second-order valence-electron chi connectivity index (χ2n) is 27.1. The number of aliphatic hydroxyl groups excluding tert-OH is 6. The summed E-state index contributed by atoms with van der Waals surface area (Å²) in [5.41, 5.74) is -4.79. The number of ether oxygens (including phenoxy) is 17. The molecule has 88 heavy (non-hydrogen) atoms. The molecule has 6 heterocycles. The number of carbonyl (C=O) groups is 1. The van der Waals surface area contributed by atoms with E-state index in [1.54, 1.807) is 42.3 Å². The highest BCUT2D eigenvalue weighted by Gasteiger charge is 2.79.